The molecule has 0 atom stereocenters. The summed E-state index contributed by atoms with van der Waals surface area (Å²) in [5.74, 6) is 0. The first-order valence-corrected chi connectivity index (χ1v) is 28.0. The molecule has 0 spiro atoms. The second-order valence-corrected chi connectivity index (χ2v) is 22.0. The molecule has 0 saturated carbocycles. The predicted octanol–water partition coefficient (Wildman–Crippen LogP) is 19.2. The molecule has 1 aliphatic rings. The van der Waals surface area contributed by atoms with Crippen molar-refractivity contribution in [1.29, 1.82) is 10.5 Å². The third-order valence-electron chi connectivity index (χ3n) is 18.1. The summed E-state index contributed by atoms with van der Waals surface area (Å²) in [4.78, 5) is 0. The maximum atomic E-state index is 12.8. The first-order chi connectivity index (χ1) is 41.2. The Hall–Kier alpha value is -11.6. The van der Waals surface area contributed by atoms with Gasteiger partial charge in [-0.05, 0) is 101 Å². The van der Waals surface area contributed by atoms with E-state index in [9.17, 15) is 10.5 Å². The Morgan fingerprint density at radius 3 is 1.17 bits per heavy atom. The Balaban J connectivity index is 1.10. The van der Waals surface area contributed by atoms with Crippen molar-refractivity contribution in [3.05, 3.63) is 253 Å². The summed E-state index contributed by atoms with van der Waals surface area (Å²) >= 11 is 0. The van der Waals surface area contributed by atoms with Gasteiger partial charge >= 0.3 is 0 Å². The van der Waals surface area contributed by atoms with Crippen LogP contribution in [0.1, 0.15) is 22.3 Å². The SMILES string of the molecule is N#Cc1c(-n2c3ccccc3c3c4c(ccc32)-c2ccccc2C4)c(-n2c3ccccc3c3ccccc32)c(-n2c3ccccc3c3c4oc5ccccc5c4ccc32)c(C#N)c1-n1c2ccccc2c2c3oc4ccccc4c3ccc21. The molecule has 0 aliphatic heterocycles. The number of furan rings is 2. The molecule has 0 unspecified atom stereocenters. The average molecular weight is 1060 g/mol. The summed E-state index contributed by atoms with van der Waals surface area (Å²) in [5, 5.41) is 37.7. The van der Waals surface area contributed by atoms with E-state index < -0.39 is 0 Å². The number of aromatic nitrogens is 4. The van der Waals surface area contributed by atoms with Crippen molar-refractivity contribution >= 4 is 131 Å². The van der Waals surface area contributed by atoms with Gasteiger partial charge in [-0.3, -0.25) is 0 Å². The fourth-order valence-electron chi connectivity index (χ4n) is 14.8. The fraction of sp³-hybridized carbons (Fsp3) is 0.0133. The van der Waals surface area contributed by atoms with Crippen molar-refractivity contribution in [2.75, 3.05) is 0 Å². The molecule has 83 heavy (non-hydrogen) atoms. The van der Waals surface area contributed by atoms with Crippen molar-refractivity contribution in [2.45, 2.75) is 6.42 Å². The largest absolute Gasteiger partial charge is 0.455 e. The normalized spacial score (nSPS) is 12.5. The Bertz CT molecular complexity index is 6020. The molecule has 0 saturated heterocycles. The minimum atomic E-state index is 0.319. The zero-order valence-corrected chi connectivity index (χ0v) is 44.1. The number of rotatable bonds is 4. The molecule has 8 heteroatoms. The van der Waals surface area contributed by atoms with Crippen LogP contribution in [-0.2, 0) is 6.42 Å². The van der Waals surface area contributed by atoms with Gasteiger partial charge in [0.1, 0.15) is 45.6 Å². The highest BCUT2D eigenvalue weighted by molar-refractivity contribution is 6.26. The van der Waals surface area contributed by atoms with E-state index in [2.05, 4.69) is 225 Å². The van der Waals surface area contributed by atoms with E-state index in [1.54, 1.807) is 0 Å². The summed E-state index contributed by atoms with van der Waals surface area (Å²) in [5.41, 5.74) is 18.2. The van der Waals surface area contributed by atoms with Crippen LogP contribution in [0, 0.1) is 22.7 Å². The van der Waals surface area contributed by atoms with Crippen LogP contribution in [0.25, 0.3) is 165 Å². The van der Waals surface area contributed by atoms with E-state index in [-0.39, 0.29) is 0 Å². The lowest BCUT2D eigenvalue weighted by atomic mass is 9.98. The first kappa shape index (κ1) is 44.3. The molecule has 0 radical (unpaired) electrons. The number of fused-ring (bicyclic) bond motifs is 24. The second kappa shape index (κ2) is 16.0. The van der Waals surface area contributed by atoms with Gasteiger partial charge in [0.15, 0.2) is 0 Å². The highest BCUT2D eigenvalue weighted by atomic mass is 16.3. The van der Waals surface area contributed by atoms with Crippen LogP contribution in [0.15, 0.2) is 239 Å². The summed E-state index contributed by atoms with van der Waals surface area (Å²) in [6.45, 7) is 0. The number of nitriles is 2. The Labute approximate surface area is 471 Å². The van der Waals surface area contributed by atoms with Gasteiger partial charge in [-0.2, -0.15) is 10.5 Å². The van der Waals surface area contributed by atoms with Crippen molar-refractivity contribution < 1.29 is 8.83 Å². The van der Waals surface area contributed by atoms with Crippen LogP contribution in [-0.4, -0.2) is 18.3 Å². The highest BCUT2D eigenvalue weighted by Gasteiger charge is 2.36. The maximum Gasteiger partial charge on any atom is 0.145 e. The van der Waals surface area contributed by atoms with Crippen molar-refractivity contribution in [3.8, 4) is 46.0 Å². The number of para-hydroxylation sites is 7. The lowest BCUT2D eigenvalue weighted by Crippen LogP contribution is -2.17. The first-order valence-electron chi connectivity index (χ1n) is 28.0. The van der Waals surface area contributed by atoms with E-state index in [4.69, 9.17) is 8.83 Å². The molecule has 0 N–H and O–H groups in total. The number of hydrogen-bond acceptors (Lipinski definition) is 4. The molecular formula is C75H40N6O2. The van der Waals surface area contributed by atoms with E-state index >= 15 is 0 Å². The van der Waals surface area contributed by atoms with Crippen molar-refractivity contribution in [2.24, 2.45) is 0 Å². The number of hydrogen-bond donors (Lipinski definition) is 0. The van der Waals surface area contributed by atoms with Gasteiger partial charge in [0.25, 0.3) is 0 Å². The number of benzene rings is 12. The van der Waals surface area contributed by atoms with Crippen LogP contribution >= 0.6 is 0 Å². The highest BCUT2D eigenvalue weighted by Crippen LogP contribution is 2.52. The fourth-order valence-corrected chi connectivity index (χ4v) is 14.8. The standard InChI is InChI=1S/C75H40N6O2/c76-40-55-70(79-60-29-13-6-24-52(60)68-63(79)37-34-49-47-21-8-15-31-65(47)82-74(49)68)56(41-77)72(81-61-30-14-7-25-53(61)69-64(81)38-35-50-48-22-9-16-32-66(48)83-75(50)69)73(78-57-26-10-3-19-45(57)46-20-4-11-27-58(46)78)71(55)80-59-28-12-5-23-51(59)67-54-39-42-17-1-2-18-43(42)44(54)33-36-62(67)80/h1-38H,39H2. The van der Waals surface area contributed by atoms with E-state index in [1.165, 1.54) is 22.3 Å². The monoisotopic (exact) mass is 1060 g/mol. The van der Waals surface area contributed by atoms with Crippen LogP contribution in [0.2, 0.25) is 0 Å². The van der Waals surface area contributed by atoms with Gasteiger partial charge in [0.05, 0.1) is 77.7 Å². The lowest BCUT2D eigenvalue weighted by molar-refractivity contribution is 0.672. The smallest absolute Gasteiger partial charge is 0.145 e. The average Bonchev–Trinajstić information content (AvgIpc) is 1.77. The summed E-state index contributed by atoms with van der Waals surface area (Å²) in [6, 6.07) is 86.5. The summed E-state index contributed by atoms with van der Waals surface area (Å²) in [6.07, 6.45) is 0.765. The van der Waals surface area contributed by atoms with Gasteiger partial charge in [-0.1, -0.05) is 158 Å². The van der Waals surface area contributed by atoms with E-state index in [0.29, 0.717) is 33.9 Å². The quantitative estimate of drug-likeness (QED) is 0.175. The predicted molar refractivity (Wildman–Crippen MR) is 336 cm³/mol. The zero-order valence-electron chi connectivity index (χ0n) is 44.1. The lowest BCUT2D eigenvalue weighted by Gasteiger charge is -2.27. The molecule has 382 valence electrons. The molecule has 8 nitrogen and oxygen atoms in total. The van der Waals surface area contributed by atoms with Gasteiger partial charge in [-0.15, -0.1) is 0 Å². The molecule has 1 aliphatic carbocycles. The van der Waals surface area contributed by atoms with E-state index in [1.807, 2.05) is 36.4 Å². The van der Waals surface area contributed by atoms with Gasteiger partial charge in [0.2, 0.25) is 0 Å². The molecule has 19 rings (SSSR count). The topological polar surface area (TPSA) is 93.6 Å². The van der Waals surface area contributed by atoms with Crippen molar-refractivity contribution in [3.63, 3.8) is 0 Å². The Morgan fingerprint density at radius 1 is 0.289 bits per heavy atom. The molecule has 0 fully saturated rings. The van der Waals surface area contributed by atoms with E-state index in [0.717, 1.165) is 138 Å². The molecule has 12 aromatic carbocycles. The third kappa shape index (κ3) is 5.56. The molecule has 18 aromatic rings. The van der Waals surface area contributed by atoms with Gasteiger partial charge < -0.3 is 27.1 Å². The molecule has 6 heterocycles. The van der Waals surface area contributed by atoms with Crippen LogP contribution < -0.4 is 0 Å². The molecule has 0 bridgehead atoms. The minimum absolute atomic E-state index is 0.319. The summed E-state index contributed by atoms with van der Waals surface area (Å²) in [7, 11) is 0. The van der Waals surface area contributed by atoms with Gasteiger partial charge in [-0.25, -0.2) is 0 Å². The Morgan fingerprint density at radius 2 is 0.663 bits per heavy atom. The molecule has 6 aromatic heterocycles. The second-order valence-electron chi connectivity index (χ2n) is 22.0. The summed E-state index contributed by atoms with van der Waals surface area (Å²) < 4.78 is 23.0. The molecule has 0 amide bonds. The van der Waals surface area contributed by atoms with Crippen molar-refractivity contribution in [1.82, 2.24) is 18.3 Å². The minimum Gasteiger partial charge on any atom is -0.455 e. The maximum absolute atomic E-state index is 12.8. The molecular weight excluding hydrogens is 1020 g/mol. The van der Waals surface area contributed by atoms with Crippen LogP contribution in [0.3, 0.4) is 0 Å². The zero-order chi connectivity index (χ0) is 54.3. The van der Waals surface area contributed by atoms with Crippen LogP contribution in [0.4, 0.5) is 0 Å². The number of nitrogens with zero attached hydrogens (tertiary/aromatic N) is 6. The van der Waals surface area contributed by atoms with Crippen LogP contribution in [0.5, 0.6) is 0 Å². The third-order valence-corrected chi connectivity index (χ3v) is 18.1. The Kier molecular flexibility index (Phi) is 8.56. The van der Waals surface area contributed by atoms with Gasteiger partial charge in [0, 0.05) is 53.9 Å².